The van der Waals surface area contributed by atoms with Crippen LogP contribution in [0.4, 0.5) is 0 Å². The summed E-state index contributed by atoms with van der Waals surface area (Å²) in [6, 6.07) is 38.1. The molecule has 0 radical (unpaired) electrons. The minimum atomic E-state index is -1.94. The normalized spacial score (nSPS) is 12.2. The van der Waals surface area contributed by atoms with Gasteiger partial charge in [0.15, 0.2) is 5.78 Å². The smallest absolute Gasteiger partial charge is 0.201 e. The summed E-state index contributed by atoms with van der Waals surface area (Å²) >= 11 is 0. The summed E-state index contributed by atoms with van der Waals surface area (Å²) in [5.74, 6) is -1.27. The van der Waals surface area contributed by atoms with E-state index in [1.807, 2.05) is 0 Å². The average molecular weight is 668 g/mol. The molecule has 7 heteroatoms. The lowest BCUT2D eigenvalue weighted by molar-refractivity contribution is -0.0000253. The summed E-state index contributed by atoms with van der Waals surface area (Å²) in [5, 5.41) is 25.1. The highest BCUT2D eigenvalue weighted by Crippen LogP contribution is 2.56. The van der Waals surface area contributed by atoms with E-state index in [4.69, 9.17) is 4.74 Å². The predicted molar refractivity (Wildman–Crippen MR) is 173 cm³/mol. The van der Waals surface area contributed by atoms with Crippen LogP contribution in [-0.2, 0) is 0 Å². The Bertz CT molecular complexity index is 1710. The largest absolute Gasteiger partial charge is 1.00 e. The number of phenols is 2. The number of ketones is 2. The molecule has 0 aliphatic heterocycles. The Morgan fingerprint density at radius 2 is 1.09 bits per heavy atom. The Morgan fingerprint density at radius 1 is 0.614 bits per heavy atom. The van der Waals surface area contributed by atoms with Gasteiger partial charge in [-0.15, -0.1) is 0 Å². The fraction of sp³-hybridized carbons (Fsp3) is 0.135. The number of ether oxygens (including phenoxy) is 1. The second-order valence-corrected chi connectivity index (χ2v) is 14.4. The first kappa shape index (κ1) is 31.2. The molecular weight excluding hydrogens is 635 g/mol. The van der Waals surface area contributed by atoms with Gasteiger partial charge in [-0.1, -0.05) is 54.6 Å². The van der Waals surface area contributed by atoms with Gasteiger partial charge >= 0.3 is 0 Å². The summed E-state index contributed by atoms with van der Waals surface area (Å²) in [7, 11) is -1.94. The Kier molecular flexibility index (Phi) is 9.33. The second kappa shape index (κ2) is 13.2. The zero-order valence-corrected chi connectivity index (χ0v) is 26.7. The van der Waals surface area contributed by atoms with Gasteiger partial charge in [-0.2, -0.15) is 0 Å². The van der Waals surface area contributed by atoms with Crippen LogP contribution < -0.4 is 37.6 Å². The summed E-state index contributed by atoms with van der Waals surface area (Å²) < 4.78 is 6.04. The number of halogens is 1. The number of carbonyl (C=O) groups is 2. The van der Waals surface area contributed by atoms with Gasteiger partial charge in [0.2, 0.25) is 5.78 Å². The van der Waals surface area contributed by atoms with Gasteiger partial charge in [0.1, 0.15) is 40.4 Å². The minimum Gasteiger partial charge on any atom is -1.00 e. The number of phenolic OH excluding ortho intramolecular Hbond substituents is 2. The number of aromatic hydroxyl groups is 2. The van der Waals surface area contributed by atoms with Gasteiger partial charge in [-0.25, -0.2) is 0 Å². The number of carbonyl (C=O) groups excluding carboxylic acids is 2. The quantitative estimate of drug-likeness (QED) is 0.183. The Labute approximate surface area is 268 Å². The molecule has 44 heavy (non-hydrogen) atoms. The molecule has 0 atom stereocenters. The zero-order chi connectivity index (χ0) is 30.0. The minimum absolute atomic E-state index is 0. The molecule has 5 nitrogen and oxygen atoms in total. The molecule has 1 aliphatic carbocycles. The fourth-order valence-electron chi connectivity index (χ4n) is 6.08. The molecule has 1 aliphatic rings. The van der Waals surface area contributed by atoms with E-state index in [0.29, 0.717) is 17.9 Å². The zero-order valence-electron chi connectivity index (χ0n) is 24.2. The van der Waals surface area contributed by atoms with Crippen LogP contribution in [0.3, 0.4) is 0 Å². The molecule has 0 fully saturated rings. The second-order valence-electron chi connectivity index (χ2n) is 10.8. The first-order valence-corrected chi connectivity index (χ1v) is 16.4. The summed E-state index contributed by atoms with van der Waals surface area (Å²) in [6.07, 6.45) is 2.61. The van der Waals surface area contributed by atoms with Crippen molar-refractivity contribution < 1.29 is 41.5 Å². The van der Waals surface area contributed by atoms with Crippen LogP contribution in [0.15, 0.2) is 115 Å². The molecule has 2 N–H and O–H groups in total. The third-order valence-corrected chi connectivity index (χ3v) is 12.6. The number of unbranched alkanes of at least 4 members (excludes halogenated alkanes) is 1. The van der Waals surface area contributed by atoms with E-state index in [1.165, 1.54) is 34.1 Å². The van der Waals surface area contributed by atoms with Crippen molar-refractivity contribution >= 4 is 34.7 Å². The maximum Gasteiger partial charge on any atom is 0.201 e. The van der Waals surface area contributed by atoms with Crippen molar-refractivity contribution in [3.8, 4) is 17.2 Å². The van der Waals surface area contributed by atoms with E-state index in [1.54, 1.807) is 13.0 Å². The molecule has 5 aromatic carbocycles. The number of aryl methyl sites for hydroxylation is 1. The molecule has 6 rings (SSSR count). The van der Waals surface area contributed by atoms with E-state index in [-0.39, 0.29) is 50.7 Å². The summed E-state index contributed by atoms with van der Waals surface area (Å²) in [4.78, 5) is 26.5. The number of fused-ring (bicyclic) bond motifs is 2. The van der Waals surface area contributed by atoms with E-state index in [9.17, 15) is 19.8 Å². The molecule has 0 saturated carbocycles. The topological polar surface area (TPSA) is 83.8 Å². The standard InChI is InChI=1S/C37H31O5P.BrH/c1-25-21-30-34(32(38)22-25)37(41)35-31(36(30)40)23-26(24-33(35)39)42-19-11-12-20-43(27-13-5-2-6-14-27,28-15-7-3-8-16-28)29-17-9-4-10-18-29;/h2-10,13-18,21-24H,11-12,19-20H2,1H3,(H-,38,39,41);1H. The van der Waals surface area contributed by atoms with Crippen molar-refractivity contribution in [2.45, 2.75) is 19.8 Å². The average Bonchev–Trinajstić information content (AvgIpc) is 3.02. The highest BCUT2D eigenvalue weighted by Gasteiger charge is 2.44. The summed E-state index contributed by atoms with van der Waals surface area (Å²) in [6.45, 7) is 2.13. The van der Waals surface area contributed by atoms with Crippen LogP contribution in [0.2, 0.25) is 0 Å². The molecule has 0 bridgehead atoms. The number of rotatable bonds is 9. The lowest BCUT2D eigenvalue weighted by Crippen LogP contribution is -3.00. The van der Waals surface area contributed by atoms with E-state index in [0.717, 1.165) is 19.0 Å². The SMILES string of the molecule is Cc1cc(O)c2c(c1)C(=O)c1cc(OCCCC[P+](c3ccccc3)(c3ccccc3)c3ccccc3)cc(O)c1C2=O.[Br-]. The van der Waals surface area contributed by atoms with Crippen LogP contribution in [0.25, 0.3) is 0 Å². The number of hydrogen-bond donors (Lipinski definition) is 2. The first-order chi connectivity index (χ1) is 20.9. The van der Waals surface area contributed by atoms with E-state index < -0.39 is 18.8 Å². The van der Waals surface area contributed by atoms with Gasteiger partial charge in [0, 0.05) is 17.2 Å². The van der Waals surface area contributed by atoms with E-state index >= 15 is 0 Å². The van der Waals surface area contributed by atoms with Gasteiger partial charge in [0.05, 0.1) is 23.9 Å². The van der Waals surface area contributed by atoms with Gasteiger partial charge in [-0.3, -0.25) is 9.59 Å². The first-order valence-electron chi connectivity index (χ1n) is 14.4. The van der Waals surface area contributed by atoms with Crippen molar-refractivity contribution in [1.82, 2.24) is 0 Å². The number of benzene rings is 5. The predicted octanol–water partition coefficient (Wildman–Crippen LogP) is 3.34. The van der Waals surface area contributed by atoms with Crippen LogP contribution >= 0.6 is 7.26 Å². The van der Waals surface area contributed by atoms with Gasteiger partial charge < -0.3 is 31.9 Å². The monoisotopic (exact) mass is 666 g/mol. The van der Waals surface area contributed by atoms with Gasteiger partial charge in [-0.05, 0) is 79.9 Å². The number of hydrogen-bond acceptors (Lipinski definition) is 5. The Hall–Kier alpha value is -4.25. The lowest BCUT2D eigenvalue weighted by atomic mass is 9.82. The lowest BCUT2D eigenvalue weighted by Gasteiger charge is -2.27. The molecule has 0 amide bonds. The van der Waals surface area contributed by atoms with Crippen LogP contribution in [0.5, 0.6) is 17.2 Å². The molecule has 222 valence electrons. The van der Waals surface area contributed by atoms with Crippen molar-refractivity contribution in [1.29, 1.82) is 0 Å². The van der Waals surface area contributed by atoms with Crippen LogP contribution in [-0.4, -0.2) is 34.5 Å². The van der Waals surface area contributed by atoms with Crippen molar-refractivity contribution in [2.24, 2.45) is 0 Å². The van der Waals surface area contributed by atoms with E-state index in [2.05, 4.69) is 91.0 Å². The van der Waals surface area contributed by atoms with Crippen LogP contribution in [0.1, 0.15) is 50.2 Å². The van der Waals surface area contributed by atoms with Crippen molar-refractivity contribution in [2.75, 3.05) is 12.8 Å². The summed E-state index contributed by atoms with van der Waals surface area (Å²) in [5.41, 5.74) is 0.702. The fourth-order valence-corrected chi connectivity index (χ4v) is 10.5. The Morgan fingerprint density at radius 3 is 1.61 bits per heavy atom. The molecule has 0 heterocycles. The molecule has 0 unspecified atom stereocenters. The molecule has 0 aromatic heterocycles. The third-order valence-electron chi connectivity index (χ3n) is 8.04. The van der Waals surface area contributed by atoms with Gasteiger partial charge in [0.25, 0.3) is 0 Å². The highest BCUT2D eigenvalue weighted by atomic mass is 79.9. The molecule has 0 spiro atoms. The van der Waals surface area contributed by atoms with Crippen LogP contribution in [0, 0.1) is 6.92 Å². The molecule has 0 saturated heterocycles. The molecular formula is C37H32BrO5P. The highest BCUT2D eigenvalue weighted by molar-refractivity contribution is 7.95. The third kappa shape index (κ3) is 5.68. The van der Waals surface area contributed by atoms with Crippen molar-refractivity contribution in [3.63, 3.8) is 0 Å². The maximum absolute atomic E-state index is 13.3. The maximum atomic E-state index is 13.3. The molecule has 5 aromatic rings. The Balaban J connectivity index is 0.00000384. The van der Waals surface area contributed by atoms with Crippen molar-refractivity contribution in [3.05, 3.63) is 143 Å².